The maximum Gasteiger partial charge on any atom is 0.335 e. The topological polar surface area (TPSA) is 147 Å². The summed E-state index contributed by atoms with van der Waals surface area (Å²) < 4.78 is 55.9. The Morgan fingerprint density at radius 3 is 2.41 bits per heavy atom. The lowest BCUT2D eigenvalue weighted by molar-refractivity contribution is -0.126. The smallest absolute Gasteiger partial charge is 0.335 e. The van der Waals surface area contributed by atoms with Gasteiger partial charge < -0.3 is 28.8 Å². The molecule has 1 aliphatic heterocycles. The minimum absolute atomic E-state index is 0.00216. The number of carboxylic acid groups (broad SMARTS) is 1. The van der Waals surface area contributed by atoms with Crippen molar-refractivity contribution in [2.75, 3.05) is 21.0 Å². The number of hydrogen-bond acceptors (Lipinski definition) is 9. The quantitative estimate of drug-likeness (QED) is 0.358. The van der Waals surface area contributed by atoms with E-state index in [0.29, 0.717) is 29.9 Å². The lowest BCUT2D eigenvalue weighted by Gasteiger charge is -2.22. The summed E-state index contributed by atoms with van der Waals surface area (Å²) in [5.74, 6) is -0.798. The summed E-state index contributed by atoms with van der Waals surface area (Å²) in [5.41, 5.74) is 0.894. The van der Waals surface area contributed by atoms with Crippen molar-refractivity contribution in [2.45, 2.75) is 30.8 Å². The molecule has 0 spiro atoms. The van der Waals surface area contributed by atoms with Crippen LogP contribution in [0.4, 0.5) is 0 Å². The van der Waals surface area contributed by atoms with E-state index >= 15 is 0 Å². The van der Waals surface area contributed by atoms with Crippen LogP contribution in [0.1, 0.15) is 40.9 Å². The highest BCUT2D eigenvalue weighted by atomic mass is 32.2. The number of hydrogen-bond donors (Lipinski definition) is 2. The van der Waals surface area contributed by atoms with Crippen molar-refractivity contribution in [3.63, 3.8) is 0 Å². The lowest BCUT2D eigenvalue weighted by atomic mass is 10.0. The van der Waals surface area contributed by atoms with Gasteiger partial charge in [0.1, 0.15) is 22.1 Å². The fourth-order valence-electron chi connectivity index (χ4n) is 4.00. The van der Waals surface area contributed by atoms with Gasteiger partial charge in [-0.3, -0.25) is 4.79 Å². The molecule has 0 aromatic heterocycles. The van der Waals surface area contributed by atoms with Crippen LogP contribution in [0.5, 0.6) is 28.7 Å². The Morgan fingerprint density at radius 1 is 0.974 bits per heavy atom. The number of aromatic carboxylic acids is 1. The number of ether oxygens (including phenoxy) is 5. The standard InChI is InChI=1S/C27H27NO10S/c1-4-5-16-12-18(27(30)31)7-9-20(16)38-25(17-6-10-21-23(13-17)37-15-36-21)26(29)28-39(32,33)24-14-19(34-2)8-11-22(24)35-3/h6-14,25H,4-5,15H2,1-3H3,(H,28,29)(H,30,31). The van der Waals surface area contributed by atoms with Crippen molar-refractivity contribution in [3.8, 4) is 28.7 Å². The first-order chi connectivity index (χ1) is 18.7. The van der Waals surface area contributed by atoms with Crippen LogP contribution < -0.4 is 28.4 Å². The highest BCUT2D eigenvalue weighted by Gasteiger charge is 2.32. The molecule has 1 heterocycles. The maximum atomic E-state index is 13.6. The van der Waals surface area contributed by atoms with Gasteiger partial charge in [-0.15, -0.1) is 0 Å². The second-order valence-electron chi connectivity index (χ2n) is 8.47. The zero-order valence-electron chi connectivity index (χ0n) is 21.4. The average Bonchev–Trinajstić information content (AvgIpc) is 3.39. The Morgan fingerprint density at radius 2 is 1.72 bits per heavy atom. The summed E-state index contributed by atoms with van der Waals surface area (Å²) in [5, 5.41) is 9.41. The molecule has 4 rings (SSSR count). The summed E-state index contributed by atoms with van der Waals surface area (Å²) in [7, 11) is -1.77. The van der Waals surface area contributed by atoms with Gasteiger partial charge in [0.25, 0.3) is 15.9 Å². The molecular formula is C27H27NO10S. The van der Waals surface area contributed by atoms with Gasteiger partial charge in [-0.1, -0.05) is 19.4 Å². The molecule has 0 bridgehead atoms. The number of amides is 1. The van der Waals surface area contributed by atoms with Gasteiger partial charge >= 0.3 is 5.97 Å². The molecule has 3 aromatic rings. The SMILES string of the molecule is CCCc1cc(C(=O)O)ccc1OC(C(=O)NS(=O)(=O)c1cc(OC)ccc1OC)c1ccc2c(c1)OCO2. The van der Waals surface area contributed by atoms with Crippen LogP contribution in [0, 0.1) is 0 Å². The second-order valence-corrected chi connectivity index (χ2v) is 10.1. The molecule has 11 nitrogen and oxygen atoms in total. The monoisotopic (exact) mass is 557 g/mol. The van der Waals surface area contributed by atoms with E-state index < -0.39 is 28.0 Å². The summed E-state index contributed by atoms with van der Waals surface area (Å²) in [6, 6.07) is 13.1. The number of fused-ring (bicyclic) bond motifs is 1. The summed E-state index contributed by atoms with van der Waals surface area (Å²) in [4.78, 5) is 24.8. The largest absolute Gasteiger partial charge is 0.497 e. The number of rotatable bonds is 11. The molecule has 3 aromatic carbocycles. The lowest BCUT2D eigenvalue weighted by Crippen LogP contribution is -2.37. The van der Waals surface area contributed by atoms with Gasteiger partial charge in [0.15, 0.2) is 11.5 Å². The van der Waals surface area contributed by atoms with Crippen molar-refractivity contribution >= 4 is 21.9 Å². The maximum absolute atomic E-state index is 13.6. The Hall–Kier alpha value is -4.45. The highest BCUT2D eigenvalue weighted by Crippen LogP contribution is 2.37. The van der Waals surface area contributed by atoms with E-state index in [9.17, 15) is 23.1 Å². The van der Waals surface area contributed by atoms with E-state index in [0.717, 1.165) is 0 Å². The summed E-state index contributed by atoms with van der Waals surface area (Å²) in [6.07, 6.45) is -0.326. The van der Waals surface area contributed by atoms with Crippen molar-refractivity contribution in [1.29, 1.82) is 0 Å². The molecule has 0 radical (unpaired) electrons. The molecule has 206 valence electrons. The second kappa shape index (κ2) is 11.5. The van der Waals surface area contributed by atoms with Crippen molar-refractivity contribution < 1.29 is 46.8 Å². The third-order valence-corrected chi connectivity index (χ3v) is 7.27. The highest BCUT2D eigenvalue weighted by molar-refractivity contribution is 7.90. The molecule has 0 fully saturated rings. The third-order valence-electron chi connectivity index (χ3n) is 5.90. The van der Waals surface area contributed by atoms with Gasteiger partial charge in [0, 0.05) is 11.6 Å². The molecule has 1 unspecified atom stereocenters. The number of carbonyl (C=O) groups excluding carboxylic acids is 1. The Kier molecular flexibility index (Phi) is 8.15. The molecule has 1 atom stereocenters. The molecule has 1 aliphatic rings. The van der Waals surface area contributed by atoms with Gasteiger partial charge in [-0.25, -0.2) is 17.9 Å². The first-order valence-electron chi connectivity index (χ1n) is 11.9. The van der Waals surface area contributed by atoms with Gasteiger partial charge in [-0.05, 0) is 54.4 Å². The predicted molar refractivity (Wildman–Crippen MR) is 138 cm³/mol. The number of carboxylic acids is 1. The van der Waals surface area contributed by atoms with Crippen molar-refractivity contribution in [3.05, 3.63) is 71.3 Å². The number of sulfonamides is 1. The van der Waals surface area contributed by atoms with E-state index in [1.807, 2.05) is 6.92 Å². The predicted octanol–water partition coefficient (Wildman–Crippen LogP) is 3.71. The van der Waals surface area contributed by atoms with Crippen LogP contribution in [0.15, 0.2) is 59.5 Å². The van der Waals surface area contributed by atoms with Crippen LogP contribution in [0.2, 0.25) is 0 Å². The summed E-state index contributed by atoms with van der Waals surface area (Å²) >= 11 is 0. The van der Waals surface area contributed by atoms with E-state index in [2.05, 4.69) is 4.72 Å². The van der Waals surface area contributed by atoms with E-state index in [-0.39, 0.29) is 40.1 Å². The molecule has 0 saturated heterocycles. The zero-order valence-corrected chi connectivity index (χ0v) is 22.2. The first-order valence-corrected chi connectivity index (χ1v) is 13.4. The van der Waals surface area contributed by atoms with Gasteiger partial charge in [0.2, 0.25) is 12.9 Å². The number of benzene rings is 3. The van der Waals surface area contributed by atoms with Crippen LogP contribution in [-0.4, -0.2) is 46.4 Å². The Balaban J connectivity index is 1.74. The summed E-state index contributed by atoms with van der Waals surface area (Å²) in [6.45, 7) is 1.91. The van der Waals surface area contributed by atoms with Gasteiger partial charge in [-0.2, -0.15) is 0 Å². The fourth-order valence-corrected chi connectivity index (χ4v) is 5.17. The van der Waals surface area contributed by atoms with Crippen LogP contribution in [-0.2, 0) is 21.2 Å². The molecule has 1 amide bonds. The number of methoxy groups -OCH3 is 2. The number of nitrogens with one attached hydrogen (secondary N) is 1. The minimum Gasteiger partial charge on any atom is -0.497 e. The number of aryl methyl sites for hydroxylation is 1. The molecule has 0 saturated carbocycles. The van der Waals surface area contributed by atoms with Crippen molar-refractivity contribution in [2.24, 2.45) is 0 Å². The minimum atomic E-state index is -4.45. The van der Waals surface area contributed by atoms with Crippen LogP contribution in [0.25, 0.3) is 0 Å². The van der Waals surface area contributed by atoms with Gasteiger partial charge in [0.05, 0.1) is 19.8 Å². The molecule has 39 heavy (non-hydrogen) atoms. The van der Waals surface area contributed by atoms with E-state index in [1.54, 1.807) is 12.1 Å². The zero-order chi connectivity index (χ0) is 28.2. The average molecular weight is 558 g/mol. The Labute approximate surface area is 225 Å². The molecule has 12 heteroatoms. The van der Waals surface area contributed by atoms with E-state index in [1.165, 1.54) is 56.7 Å². The van der Waals surface area contributed by atoms with Crippen LogP contribution >= 0.6 is 0 Å². The normalized spacial score (nSPS) is 12.9. The van der Waals surface area contributed by atoms with E-state index in [4.69, 9.17) is 23.7 Å². The van der Waals surface area contributed by atoms with Crippen LogP contribution in [0.3, 0.4) is 0 Å². The Bertz CT molecular complexity index is 1500. The number of carbonyl (C=O) groups is 2. The molecule has 0 aliphatic carbocycles. The molecular weight excluding hydrogens is 530 g/mol. The molecule has 2 N–H and O–H groups in total. The fraction of sp³-hybridized carbons (Fsp3) is 0.259. The third kappa shape index (κ3) is 6.01. The van der Waals surface area contributed by atoms with Crippen molar-refractivity contribution in [1.82, 2.24) is 4.72 Å². The first kappa shape index (κ1) is 27.6.